The summed E-state index contributed by atoms with van der Waals surface area (Å²) < 4.78 is 10.3. The van der Waals surface area contributed by atoms with Crippen LogP contribution >= 0.6 is 11.6 Å². The first-order chi connectivity index (χ1) is 7.09. The molecule has 0 saturated heterocycles. The van der Waals surface area contributed by atoms with Crippen LogP contribution in [0.25, 0.3) is 0 Å². The summed E-state index contributed by atoms with van der Waals surface area (Å²) >= 11 is 5.89. The average Bonchev–Trinajstić information content (AvgIpc) is 2.61. The van der Waals surface area contributed by atoms with Crippen LogP contribution in [-0.4, -0.2) is 23.1 Å². The summed E-state index contributed by atoms with van der Waals surface area (Å²) in [6.45, 7) is 1.74. The summed E-state index contributed by atoms with van der Waals surface area (Å²) in [6, 6.07) is 1.64. The minimum absolute atomic E-state index is 0.0539. The number of benzene rings is 1. The summed E-state index contributed by atoms with van der Waals surface area (Å²) in [6.07, 6.45) is -0.227. The Hall–Kier alpha value is -1.13. The molecule has 5 heteroatoms. The number of aliphatic hydroxyl groups is 1. The topological polar surface area (TPSA) is 58.9 Å². The molecule has 0 saturated carbocycles. The van der Waals surface area contributed by atoms with E-state index in [0.717, 1.165) is 0 Å². The molecule has 0 amide bonds. The van der Waals surface area contributed by atoms with Crippen LogP contribution in [0.4, 0.5) is 0 Å². The zero-order valence-electron chi connectivity index (χ0n) is 8.16. The number of halogens is 1. The fourth-order valence-electron chi connectivity index (χ4n) is 1.52. The average molecular weight is 231 g/mol. The van der Waals surface area contributed by atoms with E-state index in [9.17, 15) is 10.2 Å². The van der Waals surface area contributed by atoms with Crippen LogP contribution in [0.3, 0.4) is 0 Å². The van der Waals surface area contributed by atoms with Crippen LogP contribution < -0.4 is 9.47 Å². The van der Waals surface area contributed by atoms with Crippen molar-refractivity contribution in [1.82, 2.24) is 0 Å². The standard InChI is InChI=1S/C10H11ClO4/c1-5(12)2-6-3-7-10(15-4-14-7)8(11)9(6)13/h3,5,12-13H,2,4H2,1H3. The molecule has 1 atom stereocenters. The molecule has 1 unspecified atom stereocenters. The number of rotatable bonds is 2. The van der Waals surface area contributed by atoms with Gasteiger partial charge in [0.15, 0.2) is 11.5 Å². The van der Waals surface area contributed by atoms with Gasteiger partial charge >= 0.3 is 0 Å². The number of aromatic hydroxyl groups is 1. The minimum Gasteiger partial charge on any atom is -0.506 e. The number of aliphatic hydroxyl groups excluding tert-OH is 1. The molecule has 2 N–H and O–H groups in total. The van der Waals surface area contributed by atoms with Gasteiger partial charge < -0.3 is 19.7 Å². The van der Waals surface area contributed by atoms with Crippen molar-refractivity contribution in [3.8, 4) is 17.2 Å². The van der Waals surface area contributed by atoms with Gasteiger partial charge in [0, 0.05) is 12.0 Å². The van der Waals surface area contributed by atoms with Crippen molar-refractivity contribution >= 4 is 11.6 Å². The van der Waals surface area contributed by atoms with Crippen LogP contribution in [0.1, 0.15) is 12.5 Å². The molecule has 15 heavy (non-hydrogen) atoms. The summed E-state index contributed by atoms with van der Waals surface area (Å²) in [5, 5.41) is 19.1. The van der Waals surface area contributed by atoms with Gasteiger partial charge in [0.2, 0.25) is 6.79 Å². The molecule has 1 aliphatic rings. The van der Waals surface area contributed by atoms with Crippen LogP contribution in [0.2, 0.25) is 5.02 Å². The van der Waals surface area contributed by atoms with E-state index in [0.29, 0.717) is 23.5 Å². The zero-order valence-corrected chi connectivity index (χ0v) is 8.91. The Morgan fingerprint density at radius 2 is 2.27 bits per heavy atom. The SMILES string of the molecule is CC(O)Cc1cc2c(c(Cl)c1O)OCO2. The number of hydrogen-bond donors (Lipinski definition) is 2. The maximum absolute atomic E-state index is 9.73. The van der Waals surface area contributed by atoms with E-state index in [4.69, 9.17) is 21.1 Å². The maximum atomic E-state index is 9.73. The van der Waals surface area contributed by atoms with Gasteiger partial charge in [-0.25, -0.2) is 0 Å². The van der Waals surface area contributed by atoms with Crippen LogP contribution in [0.5, 0.6) is 17.2 Å². The van der Waals surface area contributed by atoms with E-state index in [1.54, 1.807) is 13.0 Å². The summed E-state index contributed by atoms with van der Waals surface area (Å²) in [7, 11) is 0. The summed E-state index contributed by atoms with van der Waals surface area (Å²) in [5.41, 5.74) is 0.555. The van der Waals surface area contributed by atoms with Gasteiger partial charge in [-0.2, -0.15) is 0 Å². The molecule has 0 fully saturated rings. The quantitative estimate of drug-likeness (QED) is 0.812. The molecule has 1 heterocycles. The molecule has 0 radical (unpaired) electrons. The van der Waals surface area contributed by atoms with Crippen LogP contribution in [0, 0.1) is 0 Å². The first-order valence-electron chi connectivity index (χ1n) is 4.57. The Morgan fingerprint density at radius 3 is 2.93 bits per heavy atom. The van der Waals surface area contributed by atoms with Crippen molar-refractivity contribution in [2.45, 2.75) is 19.4 Å². The second kappa shape index (κ2) is 3.79. The van der Waals surface area contributed by atoms with Gasteiger partial charge in [-0.15, -0.1) is 0 Å². The Bertz CT molecular complexity index is 389. The Morgan fingerprint density at radius 1 is 1.53 bits per heavy atom. The van der Waals surface area contributed by atoms with E-state index in [-0.39, 0.29) is 17.6 Å². The normalized spacial score (nSPS) is 15.4. The highest BCUT2D eigenvalue weighted by Gasteiger charge is 2.23. The fourth-order valence-corrected chi connectivity index (χ4v) is 1.79. The maximum Gasteiger partial charge on any atom is 0.231 e. The molecule has 0 spiro atoms. The number of fused-ring (bicyclic) bond motifs is 1. The molecule has 1 aromatic rings. The third-order valence-corrected chi connectivity index (χ3v) is 2.52. The van der Waals surface area contributed by atoms with E-state index in [1.165, 1.54) is 0 Å². The fraction of sp³-hybridized carbons (Fsp3) is 0.400. The second-order valence-corrected chi connectivity index (χ2v) is 3.86. The van der Waals surface area contributed by atoms with Crippen LogP contribution in [0.15, 0.2) is 6.07 Å². The molecule has 1 aromatic carbocycles. The zero-order chi connectivity index (χ0) is 11.0. The number of hydrogen-bond acceptors (Lipinski definition) is 4. The molecular formula is C10H11ClO4. The molecule has 0 bridgehead atoms. The first-order valence-corrected chi connectivity index (χ1v) is 4.95. The highest BCUT2D eigenvalue weighted by atomic mass is 35.5. The van der Waals surface area contributed by atoms with Crippen molar-refractivity contribution in [2.75, 3.05) is 6.79 Å². The third-order valence-electron chi connectivity index (χ3n) is 2.17. The lowest BCUT2D eigenvalue weighted by atomic mass is 10.1. The summed E-state index contributed by atoms with van der Waals surface area (Å²) in [5.74, 6) is 0.818. The van der Waals surface area contributed by atoms with E-state index in [2.05, 4.69) is 0 Å². The highest BCUT2D eigenvalue weighted by molar-refractivity contribution is 6.34. The third kappa shape index (κ3) is 1.82. The predicted octanol–water partition coefficient (Wildman–Crippen LogP) is 1.70. The molecule has 2 rings (SSSR count). The van der Waals surface area contributed by atoms with Crippen LogP contribution in [-0.2, 0) is 6.42 Å². The largest absolute Gasteiger partial charge is 0.506 e. The van der Waals surface area contributed by atoms with Gasteiger partial charge in [0.1, 0.15) is 10.8 Å². The number of phenolic OH excluding ortho intramolecular Hbond substituents is 1. The Kier molecular flexibility index (Phi) is 2.63. The van der Waals surface area contributed by atoms with Crippen molar-refractivity contribution in [1.29, 1.82) is 0 Å². The van der Waals surface area contributed by atoms with Crippen molar-refractivity contribution in [2.24, 2.45) is 0 Å². The lowest BCUT2D eigenvalue weighted by molar-refractivity contribution is 0.174. The monoisotopic (exact) mass is 230 g/mol. The predicted molar refractivity (Wildman–Crippen MR) is 54.6 cm³/mol. The van der Waals surface area contributed by atoms with Crippen molar-refractivity contribution < 1.29 is 19.7 Å². The smallest absolute Gasteiger partial charge is 0.231 e. The molecule has 0 aromatic heterocycles. The van der Waals surface area contributed by atoms with Gasteiger partial charge in [-0.05, 0) is 13.0 Å². The summed E-state index contributed by atoms with van der Waals surface area (Å²) in [4.78, 5) is 0. The molecular weight excluding hydrogens is 220 g/mol. The van der Waals surface area contributed by atoms with Crippen molar-refractivity contribution in [3.05, 3.63) is 16.7 Å². The number of phenols is 1. The van der Waals surface area contributed by atoms with E-state index < -0.39 is 6.10 Å². The highest BCUT2D eigenvalue weighted by Crippen LogP contribution is 2.46. The molecule has 1 aliphatic heterocycles. The van der Waals surface area contributed by atoms with Gasteiger partial charge in [0.25, 0.3) is 0 Å². The second-order valence-electron chi connectivity index (χ2n) is 3.49. The minimum atomic E-state index is -0.549. The molecule has 4 nitrogen and oxygen atoms in total. The van der Waals surface area contributed by atoms with Gasteiger partial charge in [0.05, 0.1) is 6.10 Å². The Labute approximate surface area is 92.0 Å². The lowest BCUT2D eigenvalue weighted by Gasteiger charge is -2.10. The van der Waals surface area contributed by atoms with E-state index >= 15 is 0 Å². The first kappa shape index (κ1) is 10.4. The van der Waals surface area contributed by atoms with Gasteiger partial charge in [-0.3, -0.25) is 0 Å². The van der Waals surface area contributed by atoms with Crippen molar-refractivity contribution in [3.63, 3.8) is 0 Å². The molecule has 82 valence electrons. The lowest BCUT2D eigenvalue weighted by Crippen LogP contribution is -2.04. The van der Waals surface area contributed by atoms with E-state index in [1.807, 2.05) is 0 Å². The number of ether oxygens (including phenoxy) is 2. The molecule has 0 aliphatic carbocycles. The Balaban J connectivity index is 2.44. The van der Waals surface area contributed by atoms with Gasteiger partial charge in [-0.1, -0.05) is 11.6 Å².